The van der Waals surface area contributed by atoms with Crippen molar-refractivity contribution in [2.45, 2.75) is 39.5 Å². The molecule has 4 aromatic carbocycles. The third-order valence-electron chi connectivity index (χ3n) is 7.10. The molecular formula is C35H34Zr. The fraction of sp³-hybridized carbons (Fsp3) is 0.171. The molecule has 4 aromatic rings. The number of rotatable bonds is 5. The molecule has 0 fully saturated rings. The molecule has 0 spiro atoms. The number of fused-ring (bicyclic) bond motifs is 3. The SMILES string of the molecule is C[C](C)=[Zr]([C]1=CC=CC1)[c]1cccc2c1Cc1ccccc1-2.c1ccc(CCc2ccccc2)cc1. The maximum absolute atomic E-state index is 2.42. The molecule has 0 heterocycles. The van der Waals surface area contributed by atoms with Gasteiger partial charge in [0.25, 0.3) is 0 Å². The molecular weight excluding hydrogens is 512 g/mol. The minimum atomic E-state index is -1.86. The first-order valence-corrected chi connectivity index (χ1v) is 16.7. The summed E-state index contributed by atoms with van der Waals surface area (Å²) in [7, 11) is 0. The Bertz CT molecular complexity index is 1380. The van der Waals surface area contributed by atoms with Crippen LogP contribution >= 0.6 is 0 Å². The van der Waals surface area contributed by atoms with Crippen LogP contribution in [0.15, 0.2) is 125 Å². The molecule has 2 aliphatic carbocycles. The van der Waals surface area contributed by atoms with Crippen LogP contribution in [0.2, 0.25) is 0 Å². The van der Waals surface area contributed by atoms with Crippen molar-refractivity contribution >= 4 is 6.48 Å². The molecule has 0 saturated carbocycles. The molecule has 0 bridgehead atoms. The number of allylic oxidation sites excluding steroid dienone is 4. The molecule has 2 aliphatic rings. The van der Waals surface area contributed by atoms with Gasteiger partial charge in [-0.05, 0) is 24.0 Å². The molecule has 6 rings (SSSR count). The van der Waals surface area contributed by atoms with Gasteiger partial charge in [0.15, 0.2) is 0 Å². The summed E-state index contributed by atoms with van der Waals surface area (Å²) in [4.78, 5) is 0. The van der Waals surface area contributed by atoms with E-state index in [1.54, 1.807) is 15.3 Å². The number of aryl methyl sites for hydroxylation is 2. The van der Waals surface area contributed by atoms with E-state index in [4.69, 9.17) is 0 Å². The zero-order chi connectivity index (χ0) is 24.7. The van der Waals surface area contributed by atoms with Gasteiger partial charge < -0.3 is 0 Å². The van der Waals surface area contributed by atoms with Gasteiger partial charge in [-0.3, -0.25) is 0 Å². The second-order valence-corrected chi connectivity index (χ2v) is 17.0. The van der Waals surface area contributed by atoms with E-state index in [2.05, 4.69) is 135 Å². The Balaban J connectivity index is 0.000000165. The molecule has 0 aliphatic heterocycles. The van der Waals surface area contributed by atoms with E-state index < -0.39 is 21.3 Å². The van der Waals surface area contributed by atoms with E-state index in [-0.39, 0.29) is 0 Å². The fourth-order valence-electron chi connectivity index (χ4n) is 5.37. The van der Waals surface area contributed by atoms with Gasteiger partial charge in [0.2, 0.25) is 0 Å². The summed E-state index contributed by atoms with van der Waals surface area (Å²) >= 11 is -1.86. The Morgan fingerprint density at radius 3 is 1.89 bits per heavy atom. The van der Waals surface area contributed by atoms with Crippen molar-refractivity contribution in [2.75, 3.05) is 0 Å². The summed E-state index contributed by atoms with van der Waals surface area (Å²) in [5.41, 5.74) is 8.88. The van der Waals surface area contributed by atoms with Crippen LogP contribution in [-0.4, -0.2) is 3.21 Å². The average Bonchev–Trinajstić information content (AvgIpc) is 3.58. The van der Waals surface area contributed by atoms with Gasteiger partial charge in [0.1, 0.15) is 0 Å². The van der Waals surface area contributed by atoms with E-state index >= 15 is 0 Å². The van der Waals surface area contributed by atoms with Gasteiger partial charge in [-0.25, -0.2) is 0 Å². The molecule has 0 atom stereocenters. The Labute approximate surface area is 224 Å². The molecule has 0 saturated heterocycles. The van der Waals surface area contributed by atoms with Crippen molar-refractivity contribution in [2.24, 2.45) is 0 Å². The van der Waals surface area contributed by atoms with Gasteiger partial charge >= 0.3 is 141 Å². The minimum Gasteiger partial charge on any atom is -0.0622 e. The first-order chi connectivity index (χ1) is 17.7. The van der Waals surface area contributed by atoms with E-state index in [1.807, 2.05) is 0 Å². The first-order valence-electron chi connectivity index (χ1n) is 13.0. The first kappa shape index (κ1) is 24.8. The summed E-state index contributed by atoms with van der Waals surface area (Å²) < 4.78 is 5.11. The van der Waals surface area contributed by atoms with Crippen LogP contribution in [0.5, 0.6) is 0 Å². The predicted molar refractivity (Wildman–Crippen MR) is 153 cm³/mol. The van der Waals surface area contributed by atoms with Gasteiger partial charge in [-0.2, -0.15) is 0 Å². The van der Waals surface area contributed by atoms with Crippen LogP contribution < -0.4 is 3.27 Å². The molecule has 178 valence electrons. The quantitative estimate of drug-likeness (QED) is 0.210. The molecule has 36 heavy (non-hydrogen) atoms. The molecule has 1 heteroatoms. The van der Waals surface area contributed by atoms with Crippen LogP contribution in [0, 0.1) is 0 Å². The van der Waals surface area contributed by atoms with E-state index in [1.165, 1.54) is 34.2 Å². The monoisotopic (exact) mass is 544 g/mol. The molecule has 0 aromatic heterocycles. The van der Waals surface area contributed by atoms with Crippen molar-refractivity contribution < 1.29 is 21.3 Å². The maximum Gasteiger partial charge on any atom is -0.0238 e. The van der Waals surface area contributed by atoms with Gasteiger partial charge in [0, 0.05) is 0 Å². The van der Waals surface area contributed by atoms with Crippen molar-refractivity contribution in [3.8, 4) is 11.1 Å². The summed E-state index contributed by atoms with van der Waals surface area (Å²) in [5, 5.41) is 0. The van der Waals surface area contributed by atoms with Gasteiger partial charge in [-0.1, -0.05) is 60.7 Å². The van der Waals surface area contributed by atoms with Gasteiger partial charge in [0.05, 0.1) is 0 Å². The molecule has 0 unspecified atom stereocenters. The topological polar surface area (TPSA) is 0 Å². The Morgan fingerprint density at radius 1 is 0.667 bits per heavy atom. The van der Waals surface area contributed by atoms with E-state index in [9.17, 15) is 0 Å². The number of hydrogen-bond acceptors (Lipinski definition) is 0. The Morgan fingerprint density at radius 2 is 1.28 bits per heavy atom. The van der Waals surface area contributed by atoms with Gasteiger partial charge in [-0.15, -0.1) is 0 Å². The normalized spacial score (nSPS) is 12.8. The maximum atomic E-state index is 2.42. The van der Waals surface area contributed by atoms with Crippen molar-refractivity contribution in [1.29, 1.82) is 0 Å². The second-order valence-electron chi connectivity index (χ2n) is 9.84. The summed E-state index contributed by atoms with van der Waals surface area (Å²) in [6.07, 6.45) is 11.5. The van der Waals surface area contributed by atoms with Crippen molar-refractivity contribution in [3.63, 3.8) is 0 Å². The van der Waals surface area contributed by atoms with E-state index in [0.29, 0.717) is 0 Å². The third kappa shape index (κ3) is 5.74. The fourth-order valence-corrected chi connectivity index (χ4v) is 12.5. The minimum absolute atomic E-state index is 1.12. The van der Waals surface area contributed by atoms with Crippen molar-refractivity contribution in [3.05, 3.63) is 147 Å². The summed E-state index contributed by atoms with van der Waals surface area (Å²) in [6, 6.07) is 37.2. The summed E-state index contributed by atoms with van der Waals surface area (Å²) in [6.45, 7) is 4.71. The van der Waals surface area contributed by atoms with Crippen LogP contribution in [0.1, 0.15) is 42.5 Å². The zero-order valence-corrected chi connectivity index (χ0v) is 23.8. The Kier molecular flexibility index (Phi) is 8.19. The number of hydrogen-bond donors (Lipinski definition) is 0. The standard InChI is InChI=1S/C14H14.C13H9.C5H5.C3H6.Zr/c1-3-7-13(8-4-1)11-12-14-9-5-2-6-10-14;1-3-7-12-10(5-1)9-11-6-2-4-8-13(11)12;1-2-4-5-3-1;1-3-2;/h1-10H,11-12H2;1-5,7-8H,9H2;1-3H,4H2;1-2H3;. The Hall–Kier alpha value is -2.89. The molecule has 0 amide bonds. The summed E-state index contributed by atoms with van der Waals surface area (Å²) in [5.74, 6) is 0. The largest absolute Gasteiger partial charge is 0.0622 e. The predicted octanol–water partition coefficient (Wildman–Crippen LogP) is 8.03. The molecule has 0 radical (unpaired) electrons. The van der Waals surface area contributed by atoms with Crippen LogP contribution in [0.3, 0.4) is 0 Å². The van der Waals surface area contributed by atoms with Crippen LogP contribution in [0.4, 0.5) is 0 Å². The molecule has 0 N–H and O–H groups in total. The zero-order valence-electron chi connectivity index (χ0n) is 21.4. The molecule has 0 nitrogen and oxygen atoms in total. The third-order valence-corrected chi connectivity index (χ3v) is 14.5. The average molecular weight is 546 g/mol. The van der Waals surface area contributed by atoms with Crippen molar-refractivity contribution in [1.82, 2.24) is 0 Å². The second kappa shape index (κ2) is 11.9. The van der Waals surface area contributed by atoms with Crippen LogP contribution in [-0.2, 0) is 40.5 Å². The number of benzene rings is 4. The van der Waals surface area contributed by atoms with E-state index in [0.717, 1.165) is 19.3 Å². The van der Waals surface area contributed by atoms with Crippen LogP contribution in [0.25, 0.3) is 11.1 Å². The smallest absolute Gasteiger partial charge is 0.0238 e.